The number of benzene rings is 1. The molecule has 0 aliphatic carbocycles. The molecule has 1 aromatic carbocycles. The van der Waals surface area contributed by atoms with Gasteiger partial charge in [0.05, 0.1) is 18.0 Å². The van der Waals surface area contributed by atoms with Crippen molar-refractivity contribution in [1.82, 2.24) is 4.57 Å². The maximum atomic E-state index is 12.0. The second-order valence-electron chi connectivity index (χ2n) is 4.38. The number of hydrogen-bond acceptors (Lipinski definition) is 2. The summed E-state index contributed by atoms with van der Waals surface area (Å²) in [6.45, 7) is 4.04. The topological polar surface area (TPSA) is 45.8 Å². The summed E-state index contributed by atoms with van der Waals surface area (Å²) in [6, 6.07) is 7.96. The Morgan fingerprint density at radius 1 is 1.29 bits per heavy atom. The number of rotatable bonds is 1. The Hall–Kier alpha value is -2.08. The zero-order valence-electron chi connectivity index (χ0n) is 10.2. The molecule has 3 heteroatoms. The van der Waals surface area contributed by atoms with E-state index in [0.717, 1.165) is 22.0 Å². The van der Waals surface area contributed by atoms with Crippen LogP contribution in [0.1, 0.15) is 16.7 Å². The molecule has 0 fully saturated rings. The molecule has 0 spiro atoms. The number of fused-ring (bicyclic) bond motifs is 1. The molecule has 2 aromatic rings. The number of nitriles is 1. The zero-order chi connectivity index (χ0) is 12.6. The minimum Gasteiger partial charge on any atom is -0.311 e. The van der Waals surface area contributed by atoms with E-state index in [1.807, 2.05) is 32.0 Å². The van der Waals surface area contributed by atoms with Crippen molar-refractivity contribution in [2.24, 2.45) is 7.05 Å². The van der Waals surface area contributed by atoms with Crippen molar-refractivity contribution in [2.75, 3.05) is 0 Å². The molecule has 17 heavy (non-hydrogen) atoms. The number of nitrogens with zero attached hydrogens (tertiary/aromatic N) is 2. The van der Waals surface area contributed by atoms with Crippen LogP contribution in [0, 0.1) is 25.2 Å². The fraction of sp³-hybridized carbons (Fsp3) is 0.286. The highest BCUT2D eigenvalue weighted by Gasteiger charge is 2.08. The highest BCUT2D eigenvalue weighted by molar-refractivity contribution is 5.83. The van der Waals surface area contributed by atoms with Crippen LogP contribution in [0.3, 0.4) is 0 Å². The summed E-state index contributed by atoms with van der Waals surface area (Å²) in [5, 5.41) is 9.77. The number of aromatic nitrogens is 1. The molecule has 3 nitrogen and oxygen atoms in total. The van der Waals surface area contributed by atoms with Crippen LogP contribution in [0.15, 0.2) is 23.0 Å². The fourth-order valence-corrected chi connectivity index (χ4v) is 2.19. The summed E-state index contributed by atoms with van der Waals surface area (Å²) in [5.74, 6) is 0. The molecule has 0 aliphatic heterocycles. The van der Waals surface area contributed by atoms with Crippen LogP contribution in [-0.4, -0.2) is 4.57 Å². The molecule has 0 amide bonds. The second-order valence-corrected chi connectivity index (χ2v) is 4.38. The first-order chi connectivity index (χ1) is 8.04. The zero-order valence-corrected chi connectivity index (χ0v) is 10.2. The third kappa shape index (κ3) is 1.83. The van der Waals surface area contributed by atoms with Gasteiger partial charge >= 0.3 is 0 Å². The van der Waals surface area contributed by atoms with Gasteiger partial charge in [-0.25, -0.2) is 0 Å². The largest absolute Gasteiger partial charge is 0.311 e. The molecule has 1 heterocycles. The first-order valence-corrected chi connectivity index (χ1v) is 5.51. The summed E-state index contributed by atoms with van der Waals surface area (Å²) >= 11 is 0. The number of pyridine rings is 1. The Kier molecular flexibility index (Phi) is 2.72. The van der Waals surface area contributed by atoms with Crippen molar-refractivity contribution in [3.63, 3.8) is 0 Å². The molecular weight excluding hydrogens is 212 g/mol. The lowest BCUT2D eigenvalue weighted by Crippen LogP contribution is -2.21. The molecule has 0 bridgehead atoms. The van der Waals surface area contributed by atoms with E-state index >= 15 is 0 Å². The van der Waals surface area contributed by atoms with E-state index in [1.165, 1.54) is 0 Å². The van der Waals surface area contributed by atoms with E-state index in [-0.39, 0.29) is 12.0 Å². The van der Waals surface area contributed by atoms with Crippen molar-refractivity contribution in [1.29, 1.82) is 5.26 Å². The van der Waals surface area contributed by atoms with Gasteiger partial charge in [-0.2, -0.15) is 5.26 Å². The smallest absolute Gasteiger partial charge is 0.255 e. The third-order valence-corrected chi connectivity index (χ3v) is 3.04. The van der Waals surface area contributed by atoms with Crippen molar-refractivity contribution in [2.45, 2.75) is 20.3 Å². The van der Waals surface area contributed by atoms with E-state index in [2.05, 4.69) is 6.07 Å². The molecule has 86 valence electrons. The summed E-state index contributed by atoms with van der Waals surface area (Å²) in [6.07, 6.45) is 0.163. The number of hydrogen-bond donors (Lipinski definition) is 0. The van der Waals surface area contributed by atoms with E-state index < -0.39 is 0 Å². The molecule has 2 rings (SSSR count). The standard InChI is InChI=1S/C14H14N2O/c1-9-6-10(2)12-8-11(4-5-15)14(17)16(3)13(12)7-9/h6-8H,4H2,1-3H3. The van der Waals surface area contributed by atoms with Crippen LogP contribution in [0.2, 0.25) is 0 Å². The first-order valence-electron chi connectivity index (χ1n) is 5.51. The van der Waals surface area contributed by atoms with Crippen LogP contribution in [0.4, 0.5) is 0 Å². The first kappa shape index (κ1) is 11.4. The lowest BCUT2D eigenvalue weighted by atomic mass is 10.0. The van der Waals surface area contributed by atoms with Crippen LogP contribution in [0.25, 0.3) is 10.9 Å². The predicted molar refractivity (Wildman–Crippen MR) is 68.0 cm³/mol. The van der Waals surface area contributed by atoms with Crippen LogP contribution in [-0.2, 0) is 13.5 Å². The SMILES string of the molecule is Cc1cc(C)c2cc(CC#N)c(=O)n(C)c2c1. The monoisotopic (exact) mass is 226 g/mol. The lowest BCUT2D eigenvalue weighted by molar-refractivity contribution is 0.884. The van der Waals surface area contributed by atoms with E-state index in [9.17, 15) is 4.79 Å². The van der Waals surface area contributed by atoms with Crippen molar-refractivity contribution >= 4 is 10.9 Å². The Morgan fingerprint density at radius 3 is 2.65 bits per heavy atom. The van der Waals surface area contributed by atoms with Gasteiger partial charge in [-0.05, 0) is 37.1 Å². The summed E-state index contributed by atoms with van der Waals surface area (Å²) in [4.78, 5) is 12.0. The van der Waals surface area contributed by atoms with Crippen LogP contribution >= 0.6 is 0 Å². The maximum absolute atomic E-state index is 12.0. The number of aryl methyl sites for hydroxylation is 3. The van der Waals surface area contributed by atoms with Gasteiger partial charge in [-0.1, -0.05) is 6.07 Å². The van der Waals surface area contributed by atoms with Gasteiger partial charge < -0.3 is 4.57 Å². The molecule has 0 N–H and O–H groups in total. The Bertz CT molecular complexity index is 690. The van der Waals surface area contributed by atoms with Gasteiger partial charge in [0.2, 0.25) is 0 Å². The Balaban J connectivity index is 2.92. The summed E-state index contributed by atoms with van der Waals surface area (Å²) < 4.78 is 1.63. The molecule has 0 aliphatic rings. The fourth-order valence-electron chi connectivity index (χ4n) is 2.19. The van der Waals surface area contributed by atoms with Gasteiger partial charge in [0.25, 0.3) is 5.56 Å². The van der Waals surface area contributed by atoms with Gasteiger partial charge in [-0.3, -0.25) is 4.79 Å². The van der Waals surface area contributed by atoms with Crippen molar-refractivity contribution in [3.8, 4) is 6.07 Å². The van der Waals surface area contributed by atoms with Gasteiger partial charge in [0.1, 0.15) is 0 Å². The third-order valence-electron chi connectivity index (χ3n) is 3.04. The maximum Gasteiger partial charge on any atom is 0.255 e. The van der Waals surface area contributed by atoms with Crippen LogP contribution < -0.4 is 5.56 Å². The average Bonchev–Trinajstić information content (AvgIpc) is 2.27. The molecule has 0 unspecified atom stereocenters. The van der Waals surface area contributed by atoms with E-state index in [4.69, 9.17) is 5.26 Å². The highest BCUT2D eigenvalue weighted by atomic mass is 16.1. The summed E-state index contributed by atoms with van der Waals surface area (Å²) in [5.41, 5.74) is 3.68. The van der Waals surface area contributed by atoms with Crippen molar-refractivity contribution in [3.05, 3.63) is 45.2 Å². The summed E-state index contributed by atoms with van der Waals surface area (Å²) in [7, 11) is 1.75. The molecular formula is C14H14N2O. The Labute approximate surface area is 99.9 Å². The molecule has 0 saturated carbocycles. The van der Waals surface area contributed by atoms with Gasteiger partial charge in [0, 0.05) is 18.0 Å². The van der Waals surface area contributed by atoms with E-state index in [1.54, 1.807) is 11.6 Å². The Morgan fingerprint density at radius 2 is 2.00 bits per heavy atom. The average molecular weight is 226 g/mol. The normalized spacial score (nSPS) is 10.5. The van der Waals surface area contributed by atoms with Crippen LogP contribution in [0.5, 0.6) is 0 Å². The molecule has 0 saturated heterocycles. The van der Waals surface area contributed by atoms with Crippen molar-refractivity contribution < 1.29 is 0 Å². The molecule has 0 atom stereocenters. The molecule has 0 radical (unpaired) electrons. The quantitative estimate of drug-likeness (QED) is 0.748. The minimum absolute atomic E-state index is 0.0796. The predicted octanol–water partition coefficient (Wildman–Crippen LogP) is 2.22. The minimum atomic E-state index is -0.0796. The van der Waals surface area contributed by atoms with Gasteiger partial charge in [-0.15, -0.1) is 0 Å². The van der Waals surface area contributed by atoms with E-state index in [0.29, 0.717) is 5.56 Å². The lowest BCUT2D eigenvalue weighted by Gasteiger charge is -2.10. The highest BCUT2D eigenvalue weighted by Crippen LogP contribution is 2.19. The molecule has 1 aromatic heterocycles. The van der Waals surface area contributed by atoms with Gasteiger partial charge in [0.15, 0.2) is 0 Å². The second kappa shape index (κ2) is 4.06.